The van der Waals surface area contributed by atoms with Crippen molar-refractivity contribution >= 4 is 30.1 Å². The number of benzene rings is 1. The number of rotatable bonds is 3. The van der Waals surface area contributed by atoms with E-state index >= 15 is 0 Å². The Hall–Kier alpha value is -1.36. The highest BCUT2D eigenvalue weighted by Crippen LogP contribution is 2.27. The first kappa shape index (κ1) is 10.2. The molecule has 0 spiro atoms. The van der Waals surface area contributed by atoms with Gasteiger partial charge in [0.1, 0.15) is 5.82 Å². The summed E-state index contributed by atoms with van der Waals surface area (Å²) in [5.74, 6) is 0.344. The van der Waals surface area contributed by atoms with Crippen molar-refractivity contribution in [3.63, 3.8) is 0 Å². The molecule has 3 nitrogen and oxygen atoms in total. The molecule has 0 saturated heterocycles. The lowest BCUT2D eigenvalue weighted by Gasteiger charge is -2.21. The highest BCUT2D eigenvalue weighted by molar-refractivity contribution is 8.00. The molecule has 1 atom stereocenters. The second-order valence-electron chi connectivity index (χ2n) is 2.96. The molecule has 5 heteroatoms. The number of carbonyl (C=O) groups excluding carboxylic acids is 1. The van der Waals surface area contributed by atoms with Crippen molar-refractivity contribution < 1.29 is 9.18 Å². The minimum absolute atomic E-state index is 0.268. The van der Waals surface area contributed by atoms with E-state index in [1.165, 1.54) is 22.7 Å². The van der Waals surface area contributed by atoms with Gasteiger partial charge in [-0.15, -0.1) is 11.8 Å². The van der Waals surface area contributed by atoms with Crippen molar-refractivity contribution in [2.75, 3.05) is 10.7 Å². The normalized spacial score (nSPS) is 19.1. The number of nitrogens with zero attached hydrogens (tertiary/aromatic N) is 2. The Bertz CT molecular complexity index is 397. The van der Waals surface area contributed by atoms with Crippen molar-refractivity contribution in [1.29, 1.82) is 0 Å². The molecule has 2 rings (SSSR count). The molecule has 0 bridgehead atoms. The average molecular weight is 224 g/mol. The largest absolute Gasteiger partial charge is 0.280 e. The van der Waals surface area contributed by atoms with Gasteiger partial charge in [-0.3, -0.25) is 14.7 Å². The lowest BCUT2D eigenvalue weighted by molar-refractivity contribution is -0.107. The first-order chi connectivity index (χ1) is 7.33. The Morgan fingerprint density at radius 2 is 2.33 bits per heavy atom. The van der Waals surface area contributed by atoms with Gasteiger partial charge in [0.2, 0.25) is 6.41 Å². The summed E-state index contributed by atoms with van der Waals surface area (Å²) in [5, 5.41) is 0. The van der Waals surface area contributed by atoms with Gasteiger partial charge in [0.05, 0.1) is 5.69 Å². The lowest BCUT2D eigenvalue weighted by Crippen LogP contribution is -2.29. The predicted molar refractivity (Wildman–Crippen MR) is 59.7 cm³/mol. The van der Waals surface area contributed by atoms with Crippen molar-refractivity contribution in [3.8, 4) is 0 Å². The molecule has 1 aromatic carbocycles. The number of hydrogen-bond acceptors (Lipinski definition) is 3. The zero-order valence-corrected chi connectivity index (χ0v) is 8.65. The van der Waals surface area contributed by atoms with Crippen LogP contribution in [0.4, 0.5) is 10.1 Å². The van der Waals surface area contributed by atoms with Gasteiger partial charge in [-0.1, -0.05) is 12.1 Å². The number of halogens is 1. The minimum atomic E-state index is -0.410. The number of anilines is 1. The van der Waals surface area contributed by atoms with Crippen LogP contribution < -0.4 is 4.90 Å². The molecule has 1 aliphatic heterocycles. The van der Waals surface area contributed by atoms with E-state index in [-0.39, 0.29) is 11.2 Å². The molecule has 1 aromatic rings. The second-order valence-corrected chi connectivity index (χ2v) is 4.04. The van der Waals surface area contributed by atoms with Crippen LogP contribution in [0.25, 0.3) is 0 Å². The number of thioether (sulfide) groups is 1. The Labute approximate surface area is 91.0 Å². The average Bonchev–Trinajstić information content (AvgIpc) is 2.75. The van der Waals surface area contributed by atoms with Gasteiger partial charge in [-0.25, -0.2) is 4.39 Å². The first-order valence-electron chi connectivity index (χ1n) is 4.44. The summed E-state index contributed by atoms with van der Waals surface area (Å²) in [5.41, 5.74) is -0.0663. The Kier molecular flexibility index (Phi) is 3.01. The van der Waals surface area contributed by atoms with E-state index in [2.05, 4.69) is 4.99 Å². The highest BCUT2D eigenvalue weighted by atomic mass is 32.2. The van der Waals surface area contributed by atoms with E-state index in [0.717, 1.165) is 5.75 Å². The van der Waals surface area contributed by atoms with Gasteiger partial charge in [0.15, 0.2) is 5.50 Å². The zero-order valence-electron chi connectivity index (χ0n) is 7.84. The molecule has 0 aliphatic carbocycles. The van der Waals surface area contributed by atoms with Crippen LogP contribution in [0.5, 0.6) is 0 Å². The standard InChI is InChI=1S/C10H9FN2OS/c11-8-3-1-2-4-9(8)13(7-14)10-12-5-6-15-10/h1-5,7,10H,6H2. The number of aliphatic imine (C=N–C) groups is 1. The summed E-state index contributed by atoms with van der Waals surface area (Å²) < 4.78 is 13.4. The minimum Gasteiger partial charge on any atom is -0.280 e. The third-order valence-corrected chi connectivity index (χ3v) is 3.02. The zero-order chi connectivity index (χ0) is 10.7. The van der Waals surface area contributed by atoms with Crippen LogP contribution in [0.2, 0.25) is 0 Å². The summed E-state index contributed by atoms with van der Waals surface area (Å²) in [6, 6.07) is 6.18. The molecule has 1 unspecified atom stereocenters. The molecular weight excluding hydrogens is 215 g/mol. The number of hydrogen-bond donors (Lipinski definition) is 0. The van der Waals surface area contributed by atoms with E-state index in [9.17, 15) is 9.18 Å². The van der Waals surface area contributed by atoms with Crippen LogP contribution in [0.1, 0.15) is 0 Å². The third-order valence-electron chi connectivity index (χ3n) is 2.03. The molecule has 15 heavy (non-hydrogen) atoms. The molecule has 78 valence electrons. The summed E-state index contributed by atoms with van der Waals surface area (Å²) in [4.78, 5) is 16.3. The Morgan fingerprint density at radius 1 is 1.53 bits per heavy atom. The van der Waals surface area contributed by atoms with Crippen molar-refractivity contribution in [3.05, 3.63) is 30.1 Å². The monoisotopic (exact) mass is 224 g/mol. The van der Waals surface area contributed by atoms with Gasteiger partial charge >= 0.3 is 0 Å². The third kappa shape index (κ3) is 2.02. The highest BCUT2D eigenvalue weighted by Gasteiger charge is 2.22. The number of amides is 1. The topological polar surface area (TPSA) is 32.7 Å². The van der Waals surface area contributed by atoms with Gasteiger partial charge in [0, 0.05) is 12.0 Å². The lowest BCUT2D eigenvalue weighted by atomic mass is 10.3. The fraction of sp³-hybridized carbons (Fsp3) is 0.200. The maximum atomic E-state index is 13.4. The maximum Gasteiger partial charge on any atom is 0.216 e. The molecule has 1 heterocycles. The summed E-state index contributed by atoms with van der Waals surface area (Å²) in [6.45, 7) is 0. The molecular formula is C10H9FN2OS. The van der Waals surface area contributed by atoms with E-state index in [4.69, 9.17) is 0 Å². The first-order valence-corrected chi connectivity index (χ1v) is 5.49. The fourth-order valence-electron chi connectivity index (χ4n) is 1.35. The van der Waals surface area contributed by atoms with Crippen molar-refractivity contribution in [2.45, 2.75) is 5.50 Å². The van der Waals surface area contributed by atoms with Gasteiger partial charge in [-0.05, 0) is 12.1 Å². The Morgan fingerprint density at radius 3 is 2.93 bits per heavy atom. The summed E-state index contributed by atoms with van der Waals surface area (Å²) >= 11 is 1.48. The molecule has 0 N–H and O–H groups in total. The molecule has 0 fully saturated rings. The van der Waals surface area contributed by atoms with Crippen molar-refractivity contribution in [2.24, 2.45) is 4.99 Å². The van der Waals surface area contributed by atoms with E-state index in [0.29, 0.717) is 6.41 Å². The van der Waals surface area contributed by atoms with E-state index in [1.54, 1.807) is 24.4 Å². The quantitative estimate of drug-likeness (QED) is 0.734. The molecule has 0 aromatic heterocycles. The van der Waals surface area contributed by atoms with E-state index < -0.39 is 5.82 Å². The number of para-hydroxylation sites is 1. The van der Waals surface area contributed by atoms with Crippen LogP contribution in [0.3, 0.4) is 0 Å². The predicted octanol–water partition coefficient (Wildman–Crippen LogP) is 1.89. The fourth-order valence-corrected chi connectivity index (χ4v) is 2.19. The molecule has 0 saturated carbocycles. The maximum absolute atomic E-state index is 13.4. The van der Waals surface area contributed by atoms with Crippen LogP contribution in [-0.4, -0.2) is 23.9 Å². The second kappa shape index (κ2) is 4.44. The van der Waals surface area contributed by atoms with Crippen LogP contribution in [-0.2, 0) is 4.79 Å². The molecule has 1 aliphatic rings. The molecule has 0 radical (unpaired) electrons. The van der Waals surface area contributed by atoms with Crippen molar-refractivity contribution in [1.82, 2.24) is 0 Å². The summed E-state index contributed by atoms with van der Waals surface area (Å²) in [7, 11) is 0. The van der Waals surface area contributed by atoms with E-state index in [1.807, 2.05) is 0 Å². The number of carbonyl (C=O) groups is 1. The van der Waals surface area contributed by atoms with Gasteiger partial charge < -0.3 is 0 Å². The van der Waals surface area contributed by atoms with Crippen LogP contribution in [0.15, 0.2) is 29.3 Å². The molecule has 1 amide bonds. The smallest absolute Gasteiger partial charge is 0.216 e. The summed E-state index contributed by atoms with van der Waals surface area (Å²) in [6.07, 6.45) is 2.34. The Balaban J connectivity index is 2.30. The van der Waals surface area contributed by atoms with Crippen LogP contribution >= 0.6 is 11.8 Å². The SMILES string of the molecule is O=CN(c1ccccc1F)C1N=CCS1. The van der Waals surface area contributed by atoms with Gasteiger partial charge in [0.25, 0.3) is 0 Å². The van der Waals surface area contributed by atoms with Gasteiger partial charge in [-0.2, -0.15) is 0 Å². The van der Waals surface area contributed by atoms with Crippen LogP contribution in [0, 0.1) is 5.82 Å².